The lowest BCUT2D eigenvalue weighted by Crippen LogP contribution is -2.33. The van der Waals surface area contributed by atoms with Crippen molar-refractivity contribution in [1.29, 1.82) is 0 Å². The molecule has 5 nitrogen and oxygen atoms in total. The molecule has 1 atom stereocenters. The van der Waals surface area contributed by atoms with Crippen LogP contribution in [0.2, 0.25) is 0 Å². The minimum atomic E-state index is -0.161. The number of aromatic amines is 1. The van der Waals surface area contributed by atoms with Gasteiger partial charge in [-0.25, -0.2) is 4.98 Å². The van der Waals surface area contributed by atoms with Gasteiger partial charge in [0.05, 0.1) is 30.1 Å². The van der Waals surface area contributed by atoms with E-state index >= 15 is 0 Å². The average molecular weight is 365 g/mol. The van der Waals surface area contributed by atoms with E-state index < -0.39 is 0 Å². The molecule has 1 heterocycles. The van der Waals surface area contributed by atoms with Crippen molar-refractivity contribution >= 4 is 16.9 Å². The van der Waals surface area contributed by atoms with Crippen molar-refractivity contribution in [3.8, 4) is 5.75 Å². The number of nitrogens with one attached hydrogen (secondary N) is 2. The first-order valence-electron chi connectivity index (χ1n) is 9.38. The van der Waals surface area contributed by atoms with Crippen molar-refractivity contribution < 1.29 is 9.53 Å². The second kappa shape index (κ2) is 8.25. The Labute approximate surface area is 160 Å². The van der Waals surface area contributed by atoms with E-state index in [1.54, 1.807) is 0 Å². The Morgan fingerprint density at radius 2 is 1.96 bits per heavy atom. The normalized spacial score (nSPS) is 12.3. The number of hydrogen-bond acceptors (Lipinski definition) is 3. The zero-order valence-corrected chi connectivity index (χ0v) is 16.4. The third kappa shape index (κ3) is 4.67. The standard InChI is InChI=1S/C22H27N3O2/c1-14(2)21(22-23-17-7-5-6-8-18(17)24-22)25-20(26)11-12-27-19-10-9-15(3)13-16(19)4/h5-10,13-14,21H,11-12H2,1-4H3,(H,23,24)(H,25,26). The van der Waals surface area contributed by atoms with E-state index in [9.17, 15) is 4.79 Å². The molecule has 0 bridgehead atoms. The van der Waals surface area contributed by atoms with Gasteiger partial charge in [0.15, 0.2) is 0 Å². The zero-order valence-electron chi connectivity index (χ0n) is 16.4. The molecule has 1 amide bonds. The molecule has 0 aliphatic heterocycles. The molecule has 2 aromatic carbocycles. The minimum Gasteiger partial charge on any atom is -0.493 e. The van der Waals surface area contributed by atoms with Crippen LogP contribution in [0.1, 0.15) is 43.3 Å². The van der Waals surface area contributed by atoms with E-state index in [0.29, 0.717) is 13.0 Å². The Hall–Kier alpha value is -2.82. The van der Waals surface area contributed by atoms with E-state index in [1.807, 2.05) is 50.2 Å². The predicted octanol–water partition coefficient (Wildman–Crippen LogP) is 4.46. The molecule has 1 unspecified atom stereocenters. The van der Waals surface area contributed by atoms with Crippen LogP contribution >= 0.6 is 0 Å². The number of fused-ring (bicyclic) bond motifs is 1. The fraction of sp³-hybridized carbons (Fsp3) is 0.364. The maximum atomic E-state index is 12.4. The van der Waals surface area contributed by atoms with Gasteiger partial charge < -0.3 is 15.0 Å². The van der Waals surface area contributed by atoms with Crippen molar-refractivity contribution in [2.75, 3.05) is 6.61 Å². The molecule has 0 saturated carbocycles. The second-order valence-electron chi connectivity index (χ2n) is 7.30. The van der Waals surface area contributed by atoms with Crippen LogP contribution in [0.5, 0.6) is 5.75 Å². The van der Waals surface area contributed by atoms with Crippen LogP contribution in [-0.4, -0.2) is 22.5 Å². The summed E-state index contributed by atoms with van der Waals surface area (Å²) in [6, 6.07) is 13.8. The number of aromatic nitrogens is 2. The Balaban J connectivity index is 1.60. The topological polar surface area (TPSA) is 67.0 Å². The number of benzene rings is 2. The van der Waals surface area contributed by atoms with Gasteiger partial charge in [0, 0.05) is 0 Å². The molecule has 1 aromatic heterocycles. The Morgan fingerprint density at radius 1 is 1.19 bits per heavy atom. The van der Waals surface area contributed by atoms with Crippen LogP contribution in [0, 0.1) is 19.8 Å². The van der Waals surface area contributed by atoms with Crippen LogP contribution in [-0.2, 0) is 4.79 Å². The maximum absolute atomic E-state index is 12.4. The number of rotatable bonds is 7. The van der Waals surface area contributed by atoms with Crippen molar-refractivity contribution in [3.05, 3.63) is 59.4 Å². The lowest BCUT2D eigenvalue weighted by Gasteiger charge is -2.20. The summed E-state index contributed by atoms with van der Waals surface area (Å²) in [7, 11) is 0. The van der Waals surface area contributed by atoms with Crippen molar-refractivity contribution in [2.45, 2.75) is 40.2 Å². The number of amides is 1. The lowest BCUT2D eigenvalue weighted by atomic mass is 10.0. The van der Waals surface area contributed by atoms with Gasteiger partial charge in [-0.3, -0.25) is 4.79 Å². The van der Waals surface area contributed by atoms with E-state index in [0.717, 1.165) is 28.2 Å². The quantitative estimate of drug-likeness (QED) is 0.649. The number of nitrogens with zero attached hydrogens (tertiary/aromatic N) is 1. The summed E-state index contributed by atoms with van der Waals surface area (Å²) in [6.07, 6.45) is 0.302. The van der Waals surface area contributed by atoms with Gasteiger partial charge >= 0.3 is 0 Å². The molecule has 3 rings (SSSR count). The monoisotopic (exact) mass is 365 g/mol. The molecule has 0 aliphatic carbocycles. The predicted molar refractivity (Wildman–Crippen MR) is 108 cm³/mol. The molecule has 5 heteroatoms. The molecular weight excluding hydrogens is 338 g/mol. The van der Waals surface area contributed by atoms with Crippen LogP contribution in [0.3, 0.4) is 0 Å². The summed E-state index contributed by atoms with van der Waals surface area (Å²) in [4.78, 5) is 20.4. The highest BCUT2D eigenvalue weighted by Crippen LogP contribution is 2.22. The fourth-order valence-corrected chi connectivity index (χ4v) is 3.13. The minimum absolute atomic E-state index is 0.0427. The third-order valence-electron chi connectivity index (χ3n) is 4.60. The number of H-pyrrole nitrogens is 1. The Kier molecular flexibility index (Phi) is 5.79. The highest BCUT2D eigenvalue weighted by Gasteiger charge is 2.21. The van der Waals surface area contributed by atoms with Gasteiger partial charge in [-0.2, -0.15) is 0 Å². The summed E-state index contributed by atoms with van der Waals surface area (Å²) in [5, 5.41) is 3.09. The molecule has 142 valence electrons. The largest absolute Gasteiger partial charge is 0.493 e. The highest BCUT2D eigenvalue weighted by atomic mass is 16.5. The summed E-state index contributed by atoms with van der Waals surface area (Å²) >= 11 is 0. The van der Waals surface area contributed by atoms with Gasteiger partial charge in [-0.15, -0.1) is 0 Å². The first-order valence-corrected chi connectivity index (χ1v) is 9.38. The highest BCUT2D eigenvalue weighted by molar-refractivity contribution is 5.77. The first-order chi connectivity index (χ1) is 12.9. The third-order valence-corrected chi connectivity index (χ3v) is 4.60. The van der Waals surface area contributed by atoms with Crippen LogP contribution < -0.4 is 10.1 Å². The zero-order chi connectivity index (χ0) is 19.4. The molecule has 0 aliphatic rings. The number of para-hydroxylation sites is 2. The summed E-state index contributed by atoms with van der Waals surface area (Å²) in [6.45, 7) is 8.56. The van der Waals surface area contributed by atoms with Crippen molar-refractivity contribution in [3.63, 3.8) is 0 Å². The summed E-state index contributed by atoms with van der Waals surface area (Å²) < 4.78 is 5.77. The maximum Gasteiger partial charge on any atom is 0.224 e. The molecule has 0 fully saturated rings. The Bertz CT molecular complexity index is 897. The molecule has 0 radical (unpaired) electrons. The molecule has 2 N–H and O–H groups in total. The number of imidazole rings is 1. The second-order valence-corrected chi connectivity index (χ2v) is 7.30. The van der Waals surface area contributed by atoms with Crippen LogP contribution in [0.25, 0.3) is 11.0 Å². The van der Waals surface area contributed by atoms with E-state index in [2.05, 4.69) is 35.2 Å². The number of carbonyl (C=O) groups is 1. The lowest BCUT2D eigenvalue weighted by molar-refractivity contribution is -0.122. The molecule has 0 saturated heterocycles. The average Bonchev–Trinajstić information content (AvgIpc) is 3.05. The molecule has 0 spiro atoms. The Morgan fingerprint density at radius 3 is 2.67 bits per heavy atom. The first kappa shape index (κ1) is 19.0. The molecule has 27 heavy (non-hydrogen) atoms. The number of ether oxygens (including phenoxy) is 1. The van der Waals surface area contributed by atoms with E-state index in [-0.39, 0.29) is 17.9 Å². The number of carbonyl (C=O) groups excluding carboxylic acids is 1. The SMILES string of the molecule is Cc1ccc(OCCC(=O)NC(c2nc3ccccc3[nH]2)C(C)C)c(C)c1. The van der Waals surface area contributed by atoms with Crippen LogP contribution in [0.15, 0.2) is 42.5 Å². The molecule has 3 aromatic rings. The fourth-order valence-electron chi connectivity index (χ4n) is 3.13. The van der Waals surface area contributed by atoms with E-state index in [4.69, 9.17) is 4.74 Å². The van der Waals surface area contributed by atoms with Gasteiger partial charge in [0.1, 0.15) is 11.6 Å². The smallest absolute Gasteiger partial charge is 0.224 e. The van der Waals surface area contributed by atoms with Crippen LogP contribution in [0.4, 0.5) is 0 Å². The molecular formula is C22H27N3O2. The van der Waals surface area contributed by atoms with E-state index in [1.165, 1.54) is 5.56 Å². The van der Waals surface area contributed by atoms with Gasteiger partial charge in [0.25, 0.3) is 0 Å². The summed E-state index contributed by atoms with van der Waals surface area (Å²) in [5.41, 5.74) is 4.16. The van der Waals surface area contributed by atoms with Crippen molar-refractivity contribution in [1.82, 2.24) is 15.3 Å². The van der Waals surface area contributed by atoms with Gasteiger partial charge in [0.2, 0.25) is 5.91 Å². The van der Waals surface area contributed by atoms with Gasteiger partial charge in [-0.1, -0.05) is 43.7 Å². The summed E-state index contributed by atoms with van der Waals surface area (Å²) in [5.74, 6) is 1.79. The van der Waals surface area contributed by atoms with Gasteiger partial charge in [-0.05, 0) is 43.5 Å². The number of aryl methyl sites for hydroxylation is 2. The van der Waals surface area contributed by atoms with Crippen molar-refractivity contribution in [2.24, 2.45) is 5.92 Å². The number of hydrogen-bond donors (Lipinski definition) is 2.